The van der Waals surface area contributed by atoms with Crippen molar-refractivity contribution in [3.63, 3.8) is 0 Å². The van der Waals surface area contributed by atoms with Gasteiger partial charge in [-0.25, -0.2) is 0 Å². The van der Waals surface area contributed by atoms with Crippen molar-refractivity contribution < 1.29 is 4.52 Å². The Morgan fingerprint density at radius 3 is 2.58 bits per heavy atom. The highest BCUT2D eigenvalue weighted by Crippen LogP contribution is 2.24. The lowest BCUT2D eigenvalue weighted by atomic mass is 9.95. The van der Waals surface area contributed by atoms with Crippen LogP contribution >= 0.6 is 0 Å². The van der Waals surface area contributed by atoms with Gasteiger partial charge in [0.1, 0.15) is 0 Å². The maximum Gasteiger partial charge on any atom is 0.241 e. The van der Waals surface area contributed by atoms with Crippen molar-refractivity contribution in [2.24, 2.45) is 0 Å². The maximum absolute atomic E-state index is 5.45. The lowest BCUT2D eigenvalue weighted by molar-refractivity contribution is 0.0696. The zero-order valence-corrected chi connectivity index (χ0v) is 13.9. The normalized spacial score (nSPS) is 17.6. The third kappa shape index (κ3) is 3.24. The second kappa shape index (κ2) is 6.57. The Labute approximate surface area is 142 Å². The van der Waals surface area contributed by atoms with Gasteiger partial charge in [-0.1, -0.05) is 65.3 Å². The molecule has 1 aromatic heterocycles. The summed E-state index contributed by atoms with van der Waals surface area (Å²) in [6.45, 7) is 3.90. The first-order valence-corrected chi connectivity index (χ1v) is 8.45. The van der Waals surface area contributed by atoms with Crippen LogP contribution in [0.5, 0.6) is 0 Å². The van der Waals surface area contributed by atoms with Crippen molar-refractivity contribution in [2.75, 3.05) is 6.54 Å². The zero-order valence-electron chi connectivity index (χ0n) is 13.9. The molecule has 0 saturated carbocycles. The summed E-state index contributed by atoms with van der Waals surface area (Å²) in [5, 5.41) is 4.12. The molecule has 1 aliphatic heterocycles. The van der Waals surface area contributed by atoms with Gasteiger partial charge in [-0.2, -0.15) is 4.98 Å². The van der Waals surface area contributed by atoms with Crippen LogP contribution in [0, 0.1) is 6.92 Å². The second-order valence-corrected chi connectivity index (χ2v) is 6.48. The molecule has 0 aliphatic carbocycles. The number of aryl methyl sites for hydroxylation is 1. The van der Waals surface area contributed by atoms with E-state index in [9.17, 15) is 0 Å². The Kier molecular flexibility index (Phi) is 4.13. The lowest BCUT2D eigenvalue weighted by Crippen LogP contribution is -2.48. The van der Waals surface area contributed by atoms with Crippen LogP contribution in [0.2, 0.25) is 0 Å². The number of likely N-dealkylation sites (tertiary alicyclic amines) is 1. The van der Waals surface area contributed by atoms with Gasteiger partial charge in [0.15, 0.2) is 0 Å². The van der Waals surface area contributed by atoms with Crippen LogP contribution in [0.1, 0.15) is 23.4 Å². The Morgan fingerprint density at radius 1 is 1.08 bits per heavy atom. The van der Waals surface area contributed by atoms with Crippen LogP contribution in [-0.2, 0) is 13.0 Å². The molecule has 122 valence electrons. The topological polar surface area (TPSA) is 42.2 Å². The third-order valence-corrected chi connectivity index (χ3v) is 4.70. The van der Waals surface area contributed by atoms with Gasteiger partial charge in [0.2, 0.25) is 11.7 Å². The maximum atomic E-state index is 5.45. The van der Waals surface area contributed by atoms with Crippen LogP contribution in [0.4, 0.5) is 0 Å². The molecule has 1 fully saturated rings. The van der Waals surface area contributed by atoms with Crippen molar-refractivity contribution in [3.8, 4) is 11.4 Å². The summed E-state index contributed by atoms with van der Waals surface area (Å²) in [4.78, 5) is 6.97. The second-order valence-electron chi connectivity index (χ2n) is 6.48. The number of nitrogens with zero attached hydrogens (tertiary/aromatic N) is 3. The standard InChI is InChI=1S/C20H21N3O/c1-15-7-9-17(10-8-15)20-21-19(24-22-20)14-23-12-11-18(23)13-16-5-3-2-4-6-16/h2-10,18H,11-14H2,1H3. The highest BCUT2D eigenvalue weighted by atomic mass is 16.5. The molecule has 1 saturated heterocycles. The average Bonchev–Trinajstić information content (AvgIpc) is 3.07. The number of benzene rings is 2. The first-order valence-electron chi connectivity index (χ1n) is 8.45. The highest BCUT2D eigenvalue weighted by molar-refractivity contribution is 5.54. The van der Waals surface area contributed by atoms with E-state index in [4.69, 9.17) is 4.52 Å². The average molecular weight is 319 g/mol. The molecule has 0 spiro atoms. The summed E-state index contributed by atoms with van der Waals surface area (Å²) in [5.41, 5.74) is 3.62. The zero-order chi connectivity index (χ0) is 16.4. The van der Waals surface area contributed by atoms with Crippen molar-refractivity contribution in [3.05, 3.63) is 71.6 Å². The fourth-order valence-electron chi connectivity index (χ4n) is 3.13. The minimum Gasteiger partial charge on any atom is -0.338 e. The van der Waals surface area contributed by atoms with Crippen molar-refractivity contribution >= 4 is 0 Å². The van der Waals surface area contributed by atoms with E-state index in [0.29, 0.717) is 17.8 Å². The molecular weight excluding hydrogens is 298 g/mol. The van der Waals surface area contributed by atoms with Gasteiger partial charge in [-0.3, -0.25) is 4.90 Å². The predicted molar refractivity (Wildman–Crippen MR) is 93.4 cm³/mol. The molecule has 24 heavy (non-hydrogen) atoms. The fraction of sp³-hybridized carbons (Fsp3) is 0.300. The third-order valence-electron chi connectivity index (χ3n) is 4.70. The van der Waals surface area contributed by atoms with Crippen LogP contribution in [-0.4, -0.2) is 27.6 Å². The van der Waals surface area contributed by atoms with Gasteiger partial charge in [-0.15, -0.1) is 0 Å². The molecule has 2 aromatic carbocycles. The van der Waals surface area contributed by atoms with E-state index in [1.54, 1.807) is 0 Å². The number of aromatic nitrogens is 2. The molecule has 3 aromatic rings. The molecule has 4 heteroatoms. The van der Waals surface area contributed by atoms with E-state index in [-0.39, 0.29) is 0 Å². The Bertz CT molecular complexity index is 795. The number of hydrogen-bond acceptors (Lipinski definition) is 4. The predicted octanol–water partition coefficient (Wildman–Crippen LogP) is 3.86. The van der Waals surface area contributed by atoms with Crippen molar-refractivity contribution in [1.82, 2.24) is 15.0 Å². The van der Waals surface area contributed by atoms with E-state index in [2.05, 4.69) is 64.4 Å². The quantitative estimate of drug-likeness (QED) is 0.716. The van der Waals surface area contributed by atoms with Gasteiger partial charge >= 0.3 is 0 Å². The van der Waals surface area contributed by atoms with E-state index in [1.807, 2.05) is 12.1 Å². The Morgan fingerprint density at radius 2 is 1.88 bits per heavy atom. The first kappa shape index (κ1) is 15.1. The molecular formula is C20H21N3O. The van der Waals surface area contributed by atoms with Crippen molar-refractivity contribution in [2.45, 2.75) is 32.4 Å². The van der Waals surface area contributed by atoms with Crippen molar-refractivity contribution in [1.29, 1.82) is 0 Å². The largest absolute Gasteiger partial charge is 0.338 e. The summed E-state index contributed by atoms with van der Waals surface area (Å²) in [6.07, 6.45) is 2.31. The SMILES string of the molecule is Cc1ccc(-c2noc(CN3CCC3Cc3ccccc3)n2)cc1. The van der Waals surface area contributed by atoms with Crippen LogP contribution in [0.15, 0.2) is 59.1 Å². The molecule has 0 bridgehead atoms. The molecule has 1 aliphatic rings. The van der Waals surface area contributed by atoms with Crippen LogP contribution in [0.3, 0.4) is 0 Å². The molecule has 4 nitrogen and oxygen atoms in total. The summed E-state index contributed by atoms with van der Waals surface area (Å²) < 4.78 is 5.45. The van der Waals surface area contributed by atoms with Gasteiger partial charge in [-0.05, 0) is 25.3 Å². The Hall–Kier alpha value is -2.46. The molecule has 4 rings (SSSR count). The molecule has 0 N–H and O–H groups in total. The summed E-state index contributed by atoms with van der Waals surface area (Å²) in [7, 11) is 0. The minimum atomic E-state index is 0.571. The molecule has 1 unspecified atom stereocenters. The fourth-order valence-corrected chi connectivity index (χ4v) is 3.13. The van der Waals surface area contributed by atoms with E-state index in [1.165, 1.54) is 17.5 Å². The molecule has 0 amide bonds. The summed E-state index contributed by atoms with van der Waals surface area (Å²) >= 11 is 0. The van der Waals surface area contributed by atoms with Gasteiger partial charge < -0.3 is 4.52 Å². The summed E-state index contributed by atoms with van der Waals surface area (Å²) in [5.74, 6) is 1.37. The van der Waals surface area contributed by atoms with Gasteiger partial charge in [0.05, 0.1) is 6.54 Å². The van der Waals surface area contributed by atoms with Gasteiger partial charge in [0, 0.05) is 18.2 Å². The minimum absolute atomic E-state index is 0.571. The smallest absolute Gasteiger partial charge is 0.241 e. The highest BCUT2D eigenvalue weighted by Gasteiger charge is 2.29. The first-order chi connectivity index (χ1) is 11.8. The van der Waals surface area contributed by atoms with Gasteiger partial charge in [0.25, 0.3) is 0 Å². The molecule has 0 radical (unpaired) electrons. The summed E-state index contributed by atoms with van der Waals surface area (Å²) in [6, 6.07) is 19.4. The molecule has 2 heterocycles. The monoisotopic (exact) mass is 319 g/mol. The number of rotatable bonds is 5. The van der Waals surface area contributed by atoms with Crippen LogP contribution < -0.4 is 0 Å². The number of hydrogen-bond donors (Lipinski definition) is 0. The van der Waals surface area contributed by atoms with E-state index >= 15 is 0 Å². The van der Waals surface area contributed by atoms with Crippen LogP contribution in [0.25, 0.3) is 11.4 Å². The van der Waals surface area contributed by atoms with E-state index < -0.39 is 0 Å². The molecule has 1 atom stereocenters. The Balaban J connectivity index is 1.40. The lowest BCUT2D eigenvalue weighted by Gasteiger charge is -2.40. The van der Waals surface area contributed by atoms with E-state index in [0.717, 1.165) is 25.1 Å².